The van der Waals surface area contributed by atoms with E-state index in [0.717, 1.165) is 38.4 Å². The quantitative estimate of drug-likeness (QED) is 0.276. The molecule has 8 heteroatoms. The van der Waals surface area contributed by atoms with Gasteiger partial charge in [0.25, 0.3) is 0 Å². The SMILES string of the molecule is Cc1c(-c2nnc3sc(-c4cccc(OCc5ccccc5Cl)c4)nn23)oc2ccccc12. The number of fused-ring (bicyclic) bond motifs is 2. The fraction of sp³-hybridized carbons (Fsp3) is 0.0800. The van der Waals surface area contributed by atoms with Crippen LogP contribution in [0.4, 0.5) is 0 Å². The summed E-state index contributed by atoms with van der Waals surface area (Å²) < 4.78 is 13.8. The molecule has 3 heterocycles. The Bertz CT molecular complexity index is 1620. The highest BCUT2D eigenvalue weighted by Gasteiger charge is 2.20. The summed E-state index contributed by atoms with van der Waals surface area (Å²) in [4.78, 5) is 0.697. The van der Waals surface area contributed by atoms with Crippen molar-refractivity contribution in [1.29, 1.82) is 0 Å². The molecule has 0 amide bonds. The fourth-order valence-corrected chi connectivity index (χ4v) is 4.78. The van der Waals surface area contributed by atoms with Gasteiger partial charge >= 0.3 is 0 Å². The van der Waals surface area contributed by atoms with Crippen molar-refractivity contribution in [2.24, 2.45) is 0 Å². The van der Waals surface area contributed by atoms with Crippen molar-refractivity contribution in [1.82, 2.24) is 19.8 Å². The first-order valence-electron chi connectivity index (χ1n) is 10.3. The number of halogens is 1. The van der Waals surface area contributed by atoms with Crippen LogP contribution in [-0.4, -0.2) is 19.8 Å². The fourth-order valence-electron chi connectivity index (χ4n) is 3.76. The summed E-state index contributed by atoms with van der Waals surface area (Å²) in [5.41, 5.74) is 3.72. The number of nitrogens with zero attached hydrogens (tertiary/aromatic N) is 4. The van der Waals surface area contributed by atoms with Gasteiger partial charge in [-0.15, -0.1) is 10.2 Å². The van der Waals surface area contributed by atoms with E-state index in [2.05, 4.69) is 10.2 Å². The van der Waals surface area contributed by atoms with Crippen LogP contribution in [0.25, 0.3) is 38.1 Å². The molecule has 3 aromatic carbocycles. The van der Waals surface area contributed by atoms with Crippen LogP contribution in [0.5, 0.6) is 5.75 Å². The monoisotopic (exact) mass is 472 g/mol. The van der Waals surface area contributed by atoms with E-state index in [1.807, 2.05) is 79.7 Å². The summed E-state index contributed by atoms with van der Waals surface area (Å²) in [6.07, 6.45) is 0. The lowest BCUT2D eigenvalue weighted by molar-refractivity contribution is 0.306. The molecule has 0 atom stereocenters. The summed E-state index contributed by atoms with van der Waals surface area (Å²) in [6, 6.07) is 23.4. The van der Waals surface area contributed by atoms with Crippen LogP contribution in [0.1, 0.15) is 11.1 Å². The minimum Gasteiger partial charge on any atom is -0.489 e. The smallest absolute Gasteiger partial charge is 0.235 e. The molecule has 162 valence electrons. The third-order valence-electron chi connectivity index (χ3n) is 5.47. The molecule has 0 N–H and O–H groups in total. The molecule has 0 unspecified atom stereocenters. The van der Waals surface area contributed by atoms with Crippen molar-refractivity contribution in [2.45, 2.75) is 13.5 Å². The molecule has 6 nitrogen and oxygen atoms in total. The first kappa shape index (κ1) is 20.0. The lowest BCUT2D eigenvalue weighted by Gasteiger charge is -2.08. The van der Waals surface area contributed by atoms with Gasteiger partial charge in [-0.05, 0) is 31.2 Å². The molecule has 0 aliphatic carbocycles. The van der Waals surface area contributed by atoms with Crippen LogP contribution < -0.4 is 4.74 Å². The molecule has 0 fully saturated rings. The van der Waals surface area contributed by atoms with Crippen molar-refractivity contribution in [3.05, 3.63) is 88.9 Å². The maximum Gasteiger partial charge on any atom is 0.235 e. The van der Waals surface area contributed by atoms with Crippen molar-refractivity contribution in [2.75, 3.05) is 0 Å². The normalized spacial score (nSPS) is 11.5. The number of hydrogen-bond donors (Lipinski definition) is 0. The maximum atomic E-state index is 6.24. The highest BCUT2D eigenvalue weighted by atomic mass is 35.5. The lowest BCUT2D eigenvalue weighted by Crippen LogP contribution is -1.96. The number of para-hydroxylation sites is 1. The van der Waals surface area contributed by atoms with Crippen molar-refractivity contribution < 1.29 is 9.15 Å². The van der Waals surface area contributed by atoms with Crippen molar-refractivity contribution >= 4 is 38.9 Å². The average molecular weight is 473 g/mol. The van der Waals surface area contributed by atoms with Crippen LogP contribution in [0.15, 0.2) is 77.2 Å². The second-order valence-corrected chi connectivity index (χ2v) is 8.95. The first-order valence-corrected chi connectivity index (χ1v) is 11.5. The standard InChI is InChI=1S/C25H17ClN4O2S/c1-15-19-10-3-5-12-21(19)32-22(15)23-27-28-25-30(23)29-24(33-25)16-8-6-9-18(13-16)31-14-17-7-2-4-11-20(17)26/h2-13H,14H2,1H3. The Kier molecular flexibility index (Phi) is 4.86. The van der Waals surface area contributed by atoms with E-state index in [9.17, 15) is 0 Å². The zero-order valence-corrected chi connectivity index (χ0v) is 19.1. The molecule has 6 rings (SSSR count). The van der Waals surface area contributed by atoms with Gasteiger partial charge in [0.15, 0.2) is 5.76 Å². The topological polar surface area (TPSA) is 65.5 Å². The van der Waals surface area contributed by atoms with Crippen LogP contribution in [-0.2, 0) is 6.61 Å². The lowest BCUT2D eigenvalue weighted by atomic mass is 10.1. The van der Waals surface area contributed by atoms with E-state index in [4.69, 9.17) is 25.9 Å². The maximum absolute atomic E-state index is 6.24. The zero-order chi connectivity index (χ0) is 22.4. The molecule has 0 saturated heterocycles. The van der Waals surface area contributed by atoms with Gasteiger partial charge in [0.05, 0.1) is 0 Å². The van der Waals surface area contributed by atoms with Gasteiger partial charge in [-0.3, -0.25) is 0 Å². The summed E-state index contributed by atoms with van der Waals surface area (Å²) in [5.74, 6) is 2.01. The average Bonchev–Trinajstić information content (AvgIpc) is 3.52. The molecule has 3 aromatic heterocycles. The molecule has 6 aromatic rings. The molecule has 0 bridgehead atoms. The summed E-state index contributed by atoms with van der Waals surface area (Å²) >= 11 is 7.71. The number of benzene rings is 3. The Morgan fingerprint density at radius 1 is 1.00 bits per heavy atom. The van der Waals surface area contributed by atoms with Gasteiger partial charge in [-0.25, -0.2) is 0 Å². The van der Waals surface area contributed by atoms with Gasteiger partial charge in [-0.2, -0.15) is 9.61 Å². The summed E-state index contributed by atoms with van der Waals surface area (Å²) in [6.45, 7) is 2.42. The van der Waals surface area contributed by atoms with E-state index >= 15 is 0 Å². The Labute approximate surface area is 198 Å². The van der Waals surface area contributed by atoms with Crippen LogP contribution in [0.2, 0.25) is 5.02 Å². The molecule has 0 spiro atoms. The zero-order valence-electron chi connectivity index (χ0n) is 17.5. The molecule has 0 aliphatic heterocycles. The minimum atomic E-state index is 0.393. The molecular weight excluding hydrogens is 456 g/mol. The third kappa shape index (κ3) is 3.55. The van der Waals surface area contributed by atoms with E-state index in [1.54, 1.807) is 4.52 Å². The molecule has 0 radical (unpaired) electrons. The largest absolute Gasteiger partial charge is 0.489 e. The van der Waals surface area contributed by atoms with Crippen LogP contribution >= 0.6 is 22.9 Å². The number of rotatable bonds is 5. The predicted molar refractivity (Wildman–Crippen MR) is 130 cm³/mol. The van der Waals surface area contributed by atoms with Crippen molar-refractivity contribution in [3.63, 3.8) is 0 Å². The first-order chi connectivity index (χ1) is 16.2. The van der Waals surface area contributed by atoms with E-state index in [0.29, 0.717) is 28.2 Å². The van der Waals surface area contributed by atoms with Crippen LogP contribution in [0, 0.1) is 6.92 Å². The number of hydrogen-bond acceptors (Lipinski definition) is 6. The summed E-state index contributed by atoms with van der Waals surface area (Å²) in [5, 5.41) is 16.0. The van der Waals surface area contributed by atoms with Gasteiger partial charge < -0.3 is 9.15 Å². The molecule has 0 aliphatic rings. The van der Waals surface area contributed by atoms with E-state index in [-0.39, 0.29) is 0 Å². The Morgan fingerprint density at radius 3 is 2.73 bits per heavy atom. The number of ether oxygens (including phenoxy) is 1. The van der Waals surface area contributed by atoms with Crippen LogP contribution in [0.3, 0.4) is 0 Å². The minimum absolute atomic E-state index is 0.393. The molecule has 0 saturated carbocycles. The van der Waals surface area contributed by atoms with Crippen molar-refractivity contribution in [3.8, 4) is 27.9 Å². The predicted octanol–water partition coefficient (Wildman–Crippen LogP) is 6.81. The van der Waals surface area contributed by atoms with E-state index < -0.39 is 0 Å². The highest BCUT2D eigenvalue weighted by Crippen LogP contribution is 2.34. The van der Waals surface area contributed by atoms with Gasteiger partial charge in [0.2, 0.25) is 10.8 Å². The van der Waals surface area contributed by atoms with Gasteiger partial charge in [0, 0.05) is 27.1 Å². The Morgan fingerprint density at radius 2 is 1.85 bits per heavy atom. The summed E-state index contributed by atoms with van der Waals surface area (Å²) in [7, 11) is 0. The van der Waals surface area contributed by atoms with Gasteiger partial charge in [0.1, 0.15) is 22.9 Å². The second-order valence-electron chi connectivity index (χ2n) is 7.59. The third-order valence-corrected chi connectivity index (χ3v) is 6.79. The van der Waals surface area contributed by atoms with E-state index in [1.165, 1.54) is 11.3 Å². The number of aryl methyl sites for hydroxylation is 1. The van der Waals surface area contributed by atoms with Gasteiger partial charge in [-0.1, -0.05) is 71.5 Å². The second kappa shape index (κ2) is 8.03. The highest BCUT2D eigenvalue weighted by molar-refractivity contribution is 7.19. The Hall–Kier alpha value is -3.68. The molecule has 33 heavy (non-hydrogen) atoms. The number of furan rings is 1. The molecular formula is C25H17ClN4O2S. The number of aromatic nitrogens is 4. The Balaban J connectivity index is 1.33.